The van der Waals surface area contributed by atoms with Gasteiger partial charge in [-0.2, -0.15) is 13.2 Å². The zero-order valence-electron chi connectivity index (χ0n) is 15.3. The third-order valence-corrected chi connectivity index (χ3v) is 4.61. The van der Waals surface area contributed by atoms with Crippen molar-refractivity contribution in [2.45, 2.75) is 32.4 Å². The quantitative estimate of drug-likeness (QED) is 0.819. The summed E-state index contributed by atoms with van der Waals surface area (Å²) in [7, 11) is 0. The normalized spacial score (nSPS) is 16.9. The average molecular weight is 379 g/mol. The van der Waals surface area contributed by atoms with Crippen molar-refractivity contribution < 1.29 is 13.2 Å². The van der Waals surface area contributed by atoms with Gasteiger partial charge in [0.1, 0.15) is 5.82 Å². The molecule has 27 heavy (non-hydrogen) atoms. The van der Waals surface area contributed by atoms with Crippen LogP contribution in [0.1, 0.15) is 31.9 Å². The number of nitrogens with one attached hydrogen (secondary N) is 1. The van der Waals surface area contributed by atoms with E-state index in [4.69, 9.17) is 0 Å². The summed E-state index contributed by atoms with van der Waals surface area (Å²) in [5, 5.41) is 3.06. The molecule has 1 saturated heterocycles. The number of aromatic nitrogens is 3. The van der Waals surface area contributed by atoms with Gasteiger partial charge in [0.15, 0.2) is 11.5 Å². The topological polar surface area (TPSA) is 53.9 Å². The first kappa shape index (κ1) is 19.5. The van der Waals surface area contributed by atoms with Crippen LogP contribution in [-0.4, -0.2) is 46.0 Å². The number of nitrogens with zero attached hydrogens (tertiary/aromatic N) is 4. The first-order valence-corrected chi connectivity index (χ1v) is 9.25. The Morgan fingerprint density at radius 3 is 2.48 bits per heavy atom. The molecule has 0 radical (unpaired) electrons. The molecule has 1 fully saturated rings. The molecule has 2 aromatic rings. The van der Waals surface area contributed by atoms with E-state index in [1.54, 1.807) is 12.1 Å². The number of anilines is 1. The third kappa shape index (κ3) is 5.63. The number of hydrogen-bond acceptors (Lipinski definition) is 5. The standard InChI is InChI=1S/C19H24F3N5/c1-14(13-27-9-3-2-4-10-27)12-24-17-11-16(19(20,21)22)25-18(26-17)15-5-7-23-8-6-15/h5-8,11,14H,2-4,9-10,12-13H2,1H3,(H,24,25,26). The molecule has 0 aliphatic carbocycles. The smallest absolute Gasteiger partial charge is 0.370 e. The van der Waals surface area contributed by atoms with Crippen molar-refractivity contribution in [3.63, 3.8) is 0 Å². The number of likely N-dealkylation sites (tertiary alicyclic amines) is 1. The lowest BCUT2D eigenvalue weighted by atomic mass is 10.1. The molecule has 1 unspecified atom stereocenters. The van der Waals surface area contributed by atoms with Gasteiger partial charge in [0.25, 0.3) is 0 Å². The summed E-state index contributed by atoms with van der Waals surface area (Å²) >= 11 is 0. The molecule has 0 saturated carbocycles. The highest BCUT2D eigenvalue weighted by Gasteiger charge is 2.34. The second kappa shape index (κ2) is 8.65. The van der Waals surface area contributed by atoms with Gasteiger partial charge < -0.3 is 10.2 Å². The highest BCUT2D eigenvalue weighted by atomic mass is 19.4. The number of pyridine rings is 1. The van der Waals surface area contributed by atoms with Gasteiger partial charge in [-0.1, -0.05) is 13.3 Å². The minimum Gasteiger partial charge on any atom is -0.370 e. The second-order valence-corrected chi connectivity index (χ2v) is 7.04. The molecule has 0 aromatic carbocycles. The van der Waals surface area contributed by atoms with Crippen LogP contribution < -0.4 is 5.32 Å². The van der Waals surface area contributed by atoms with Crippen LogP contribution in [0.3, 0.4) is 0 Å². The highest BCUT2D eigenvalue weighted by Crippen LogP contribution is 2.30. The minimum absolute atomic E-state index is 0.0402. The molecule has 3 rings (SSSR count). The highest BCUT2D eigenvalue weighted by molar-refractivity contribution is 5.57. The van der Waals surface area contributed by atoms with Crippen molar-refractivity contribution in [1.82, 2.24) is 19.9 Å². The van der Waals surface area contributed by atoms with Crippen molar-refractivity contribution in [3.05, 3.63) is 36.3 Å². The van der Waals surface area contributed by atoms with Gasteiger partial charge in [-0.05, 0) is 44.0 Å². The zero-order chi connectivity index (χ0) is 19.3. The molecule has 1 atom stereocenters. The summed E-state index contributed by atoms with van der Waals surface area (Å²) in [6, 6.07) is 4.16. The van der Waals surface area contributed by atoms with E-state index in [1.165, 1.54) is 31.7 Å². The van der Waals surface area contributed by atoms with Gasteiger partial charge in [-0.15, -0.1) is 0 Å². The van der Waals surface area contributed by atoms with Crippen LogP contribution in [0.25, 0.3) is 11.4 Å². The van der Waals surface area contributed by atoms with Crippen molar-refractivity contribution in [3.8, 4) is 11.4 Å². The Hall–Kier alpha value is -2.22. The Balaban J connectivity index is 1.72. The molecule has 5 nitrogen and oxygen atoms in total. The maximum absolute atomic E-state index is 13.2. The maximum atomic E-state index is 13.2. The summed E-state index contributed by atoms with van der Waals surface area (Å²) in [5.41, 5.74) is -0.448. The van der Waals surface area contributed by atoms with Gasteiger partial charge in [-0.3, -0.25) is 4.98 Å². The van der Waals surface area contributed by atoms with Crippen molar-refractivity contribution in [2.24, 2.45) is 5.92 Å². The van der Waals surface area contributed by atoms with Gasteiger partial charge in [0.05, 0.1) is 0 Å². The predicted molar refractivity (Wildman–Crippen MR) is 98.2 cm³/mol. The van der Waals surface area contributed by atoms with Crippen LogP contribution in [0.5, 0.6) is 0 Å². The monoisotopic (exact) mass is 379 g/mol. The lowest BCUT2D eigenvalue weighted by Gasteiger charge is -2.29. The van der Waals surface area contributed by atoms with E-state index in [0.29, 0.717) is 18.0 Å². The minimum atomic E-state index is -4.53. The summed E-state index contributed by atoms with van der Waals surface area (Å²) < 4.78 is 39.7. The fourth-order valence-corrected chi connectivity index (χ4v) is 3.24. The van der Waals surface area contributed by atoms with Crippen LogP contribution in [0.4, 0.5) is 19.0 Å². The van der Waals surface area contributed by atoms with E-state index in [2.05, 4.69) is 32.1 Å². The van der Waals surface area contributed by atoms with Gasteiger partial charge >= 0.3 is 6.18 Å². The van der Waals surface area contributed by atoms with Gasteiger partial charge in [0.2, 0.25) is 0 Å². The number of alkyl halides is 3. The molecule has 146 valence electrons. The summed E-state index contributed by atoms with van der Waals surface area (Å²) in [6.07, 6.45) is 2.20. The van der Waals surface area contributed by atoms with Gasteiger partial charge in [0, 0.05) is 37.1 Å². The molecular weight excluding hydrogens is 355 g/mol. The van der Waals surface area contributed by atoms with Crippen LogP contribution in [0.2, 0.25) is 0 Å². The van der Waals surface area contributed by atoms with Crippen molar-refractivity contribution >= 4 is 5.82 Å². The molecule has 3 heterocycles. The van der Waals surface area contributed by atoms with Crippen LogP contribution in [0.15, 0.2) is 30.6 Å². The second-order valence-electron chi connectivity index (χ2n) is 7.04. The molecule has 1 aliphatic heterocycles. The molecule has 0 bridgehead atoms. The van der Waals surface area contributed by atoms with E-state index in [-0.39, 0.29) is 11.6 Å². The van der Waals surface area contributed by atoms with E-state index in [9.17, 15) is 13.2 Å². The molecular formula is C19H24F3N5. The molecule has 2 aromatic heterocycles. The fourth-order valence-electron chi connectivity index (χ4n) is 3.24. The van der Waals surface area contributed by atoms with Crippen molar-refractivity contribution in [2.75, 3.05) is 31.5 Å². The summed E-state index contributed by atoms with van der Waals surface area (Å²) in [5.74, 6) is 0.532. The third-order valence-electron chi connectivity index (χ3n) is 4.61. The molecule has 1 N–H and O–H groups in total. The van der Waals surface area contributed by atoms with Crippen LogP contribution >= 0.6 is 0 Å². The van der Waals surface area contributed by atoms with E-state index < -0.39 is 11.9 Å². The van der Waals surface area contributed by atoms with Gasteiger partial charge in [-0.25, -0.2) is 9.97 Å². The number of halogens is 3. The Morgan fingerprint density at radius 1 is 1.11 bits per heavy atom. The first-order valence-electron chi connectivity index (χ1n) is 9.25. The lowest BCUT2D eigenvalue weighted by molar-refractivity contribution is -0.141. The summed E-state index contributed by atoms with van der Waals surface area (Å²) in [6.45, 7) is 5.78. The van der Waals surface area contributed by atoms with E-state index in [1.807, 2.05) is 0 Å². The van der Waals surface area contributed by atoms with E-state index >= 15 is 0 Å². The van der Waals surface area contributed by atoms with Crippen LogP contribution in [-0.2, 0) is 6.18 Å². The van der Waals surface area contributed by atoms with Crippen LogP contribution in [0, 0.1) is 5.92 Å². The Bertz CT molecular complexity index is 730. The molecule has 1 aliphatic rings. The first-order chi connectivity index (χ1) is 12.9. The largest absolute Gasteiger partial charge is 0.433 e. The summed E-state index contributed by atoms with van der Waals surface area (Å²) in [4.78, 5) is 14.3. The zero-order valence-corrected chi connectivity index (χ0v) is 15.3. The Labute approximate surface area is 157 Å². The molecule has 0 amide bonds. The number of piperidine rings is 1. The number of hydrogen-bond donors (Lipinski definition) is 1. The van der Waals surface area contributed by atoms with Crippen molar-refractivity contribution in [1.29, 1.82) is 0 Å². The fraction of sp³-hybridized carbons (Fsp3) is 0.526. The molecule has 0 spiro atoms. The number of rotatable bonds is 6. The Morgan fingerprint density at radius 2 is 1.81 bits per heavy atom. The Kier molecular flexibility index (Phi) is 6.26. The molecule has 8 heteroatoms. The SMILES string of the molecule is CC(CNc1cc(C(F)(F)F)nc(-c2ccncc2)n1)CN1CCCCC1. The van der Waals surface area contributed by atoms with E-state index in [0.717, 1.165) is 25.7 Å². The maximum Gasteiger partial charge on any atom is 0.433 e. The predicted octanol–water partition coefficient (Wildman–Crippen LogP) is 4.09. The lowest BCUT2D eigenvalue weighted by Crippen LogP contribution is -2.35. The average Bonchev–Trinajstić information content (AvgIpc) is 2.67.